The van der Waals surface area contributed by atoms with Crippen LogP contribution in [0.15, 0.2) is 63.9 Å². The number of amides is 2. The number of carbonyl (C=O) groups is 3. The van der Waals surface area contributed by atoms with Gasteiger partial charge in [-0.15, -0.1) is 0 Å². The van der Waals surface area contributed by atoms with Crippen molar-refractivity contribution in [3.8, 4) is 11.3 Å². The summed E-state index contributed by atoms with van der Waals surface area (Å²) in [5.74, 6) is -1.05. The molecule has 1 aromatic heterocycles. The van der Waals surface area contributed by atoms with Crippen molar-refractivity contribution < 1.29 is 28.8 Å². The van der Waals surface area contributed by atoms with Crippen LogP contribution in [0.5, 0.6) is 0 Å². The van der Waals surface area contributed by atoms with Crippen molar-refractivity contribution in [1.82, 2.24) is 4.90 Å². The Morgan fingerprint density at radius 3 is 2.55 bits per heavy atom. The highest BCUT2D eigenvalue weighted by Gasteiger charge is 2.35. The SMILES string of the molecule is O=C(O)c1ccc(Cl)c(-c2ccc(/C=C3/SC(=O)N(Cc4ccc([N+](=O)[O-])cc4)C3=O)o2)c1. The van der Waals surface area contributed by atoms with E-state index in [4.69, 9.17) is 16.0 Å². The number of aromatic carboxylic acids is 1. The van der Waals surface area contributed by atoms with Gasteiger partial charge in [0, 0.05) is 23.8 Å². The fourth-order valence-corrected chi connectivity index (χ4v) is 4.12. The lowest BCUT2D eigenvalue weighted by atomic mass is 10.1. The molecule has 11 heteroatoms. The van der Waals surface area contributed by atoms with Gasteiger partial charge in [-0.3, -0.25) is 24.6 Å². The Bertz CT molecular complexity index is 1330. The van der Waals surface area contributed by atoms with Crippen molar-refractivity contribution in [2.24, 2.45) is 0 Å². The van der Waals surface area contributed by atoms with Crippen LogP contribution in [0.25, 0.3) is 17.4 Å². The van der Waals surface area contributed by atoms with Gasteiger partial charge in [-0.05, 0) is 47.7 Å². The van der Waals surface area contributed by atoms with Gasteiger partial charge < -0.3 is 9.52 Å². The number of nitro benzene ring substituents is 1. The summed E-state index contributed by atoms with van der Waals surface area (Å²) in [6, 6.07) is 12.9. The first kappa shape index (κ1) is 22.3. The Morgan fingerprint density at radius 1 is 1.15 bits per heavy atom. The minimum atomic E-state index is -1.11. The fourth-order valence-electron chi connectivity index (χ4n) is 3.09. The third-order valence-electron chi connectivity index (χ3n) is 4.74. The molecule has 2 amide bonds. The molecule has 0 radical (unpaired) electrons. The van der Waals surface area contributed by atoms with Crippen molar-refractivity contribution in [2.45, 2.75) is 6.54 Å². The zero-order valence-corrected chi connectivity index (χ0v) is 18.1. The van der Waals surface area contributed by atoms with Crippen LogP contribution in [-0.2, 0) is 11.3 Å². The molecule has 1 aliphatic heterocycles. The Morgan fingerprint density at radius 2 is 1.88 bits per heavy atom. The Kier molecular flexibility index (Phi) is 6.03. The van der Waals surface area contributed by atoms with Crippen LogP contribution >= 0.6 is 23.4 Å². The van der Waals surface area contributed by atoms with E-state index in [1.807, 2.05) is 0 Å². The van der Waals surface area contributed by atoms with Crippen LogP contribution in [-0.4, -0.2) is 32.0 Å². The van der Waals surface area contributed by atoms with Crippen molar-refractivity contribution in [3.05, 3.63) is 91.5 Å². The summed E-state index contributed by atoms with van der Waals surface area (Å²) < 4.78 is 5.71. The maximum Gasteiger partial charge on any atom is 0.335 e. The summed E-state index contributed by atoms with van der Waals surface area (Å²) in [6.45, 7) is -0.0268. The zero-order valence-electron chi connectivity index (χ0n) is 16.6. The molecule has 0 aliphatic carbocycles. The Hall–Kier alpha value is -3.89. The number of halogens is 1. The first-order valence-electron chi connectivity index (χ1n) is 9.34. The summed E-state index contributed by atoms with van der Waals surface area (Å²) >= 11 is 6.91. The smallest absolute Gasteiger partial charge is 0.335 e. The van der Waals surface area contributed by atoms with Crippen LogP contribution in [0.4, 0.5) is 10.5 Å². The molecule has 0 saturated carbocycles. The van der Waals surface area contributed by atoms with Crippen molar-refractivity contribution >= 4 is 52.2 Å². The lowest BCUT2D eigenvalue weighted by molar-refractivity contribution is -0.384. The van der Waals surface area contributed by atoms with E-state index in [2.05, 4.69) is 0 Å². The van der Waals surface area contributed by atoms with Gasteiger partial charge >= 0.3 is 5.97 Å². The van der Waals surface area contributed by atoms with Crippen molar-refractivity contribution in [1.29, 1.82) is 0 Å². The van der Waals surface area contributed by atoms with E-state index >= 15 is 0 Å². The van der Waals surface area contributed by atoms with Gasteiger partial charge in [-0.2, -0.15) is 0 Å². The van der Waals surface area contributed by atoms with E-state index < -0.39 is 22.0 Å². The average molecular weight is 485 g/mol. The predicted molar refractivity (Wildman–Crippen MR) is 121 cm³/mol. The first-order valence-corrected chi connectivity index (χ1v) is 10.5. The molecule has 166 valence electrons. The van der Waals surface area contributed by atoms with Crippen LogP contribution in [0.1, 0.15) is 21.7 Å². The topological polar surface area (TPSA) is 131 Å². The van der Waals surface area contributed by atoms with E-state index in [0.717, 1.165) is 16.7 Å². The number of hydrogen-bond acceptors (Lipinski definition) is 7. The molecule has 0 bridgehead atoms. The molecule has 1 aliphatic rings. The van der Waals surface area contributed by atoms with Crippen molar-refractivity contribution in [3.63, 3.8) is 0 Å². The molecule has 1 N–H and O–H groups in total. The quantitative estimate of drug-likeness (QED) is 0.278. The molecule has 9 nitrogen and oxygen atoms in total. The van der Waals surface area contributed by atoms with E-state index in [9.17, 15) is 29.6 Å². The van der Waals surface area contributed by atoms with Gasteiger partial charge in [-0.1, -0.05) is 23.7 Å². The van der Waals surface area contributed by atoms with Crippen LogP contribution in [0.3, 0.4) is 0 Å². The molecule has 2 heterocycles. The van der Waals surface area contributed by atoms with E-state index in [0.29, 0.717) is 21.9 Å². The maximum atomic E-state index is 12.7. The predicted octanol–water partition coefficient (Wildman–Crippen LogP) is 5.44. The number of non-ortho nitro benzene ring substituents is 1. The summed E-state index contributed by atoms with van der Waals surface area (Å²) in [6.07, 6.45) is 1.42. The van der Waals surface area contributed by atoms with Gasteiger partial charge in [0.2, 0.25) is 0 Å². The molecule has 1 saturated heterocycles. The molecule has 0 atom stereocenters. The fraction of sp³-hybridized carbons (Fsp3) is 0.0455. The summed E-state index contributed by atoms with van der Waals surface area (Å²) in [5, 5.41) is 19.8. The van der Waals surface area contributed by atoms with E-state index in [-0.39, 0.29) is 28.5 Å². The summed E-state index contributed by atoms with van der Waals surface area (Å²) in [5.41, 5.74) is 0.898. The standard InChI is InChI=1S/C22H13ClN2O7S/c23-17-7-3-13(21(27)28)9-16(17)18-8-6-15(32-18)10-19-20(26)24(22(29)33-19)11-12-1-4-14(5-2-12)25(30)31/h1-10H,11H2,(H,27,28)/b19-10+. The van der Waals surface area contributed by atoms with Crippen LogP contribution in [0, 0.1) is 10.1 Å². The van der Waals surface area contributed by atoms with E-state index in [1.54, 1.807) is 12.1 Å². The number of benzene rings is 2. The first-order chi connectivity index (χ1) is 15.7. The van der Waals surface area contributed by atoms with E-state index in [1.165, 1.54) is 48.5 Å². The molecule has 3 aromatic rings. The van der Waals surface area contributed by atoms with Gasteiger partial charge in [-0.25, -0.2) is 4.79 Å². The highest BCUT2D eigenvalue weighted by atomic mass is 35.5. The minimum Gasteiger partial charge on any atom is -0.478 e. The second kappa shape index (κ2) is 8.93. The number of carbonyl (C=O) groups excluding carboxylic acids is 2. The minimum absolute atomic E-state index is 0.0268. The number of carboxylic acids is 1. The van der Waals surface area contributed by atoms with Gasteiger partial charge in [0.1, 0.15) is 11.5 Å². The molecule has 0 spiro atoms. The van der Waals surface area contributed by atoms with Gasteiger partial charge in [0.25, 0.3) is 16.8 Å². The molecule has 33 heavy (non-hydrogen) atoms. The van der Waals surface area contributed by atoms with Gasteiger partial charge in [0.05, 0.1) is 27.0 Å². The number of thioether (sulfide) groups is 1. The molecule has 4 rings (SSSR count). The number of carboxylic acid groups (broad SMARTS) is 1. The summed E-state index contributed by atoms with van der Waals surface area (Å²) in [7, 11) is 0. The molecular weight excluding hydrogens is 472 g/mol. The molecular formula is C22H13ClN2O7S. The van der Waals surface area contributed by atoms with Crippen LogP contribution < -0.4 is 0 Å². The highest BCUT2D eigenvalue weighted by Crippen LogP contribution is 2.35. The monoisotopic (exact) mass is 484 g/mol. The average Bonchev–Trinajstić information content (AvgIpc) is 3.34. The maximum absolute atomic E-state index is 12.7. The van der Waals surface area contributed by atoms with Crippen molar-refractivity contribution in [2.75, 3.05) is 0 Å². The largest absolute Gasteiger partial charge is 0.478 e. The number of nitrogens with zero attached hydrogens (tertiary/aromatic N) is 2. The second-order valence-electron chi connectivity index (χ2n) is 6.89. The Labute approximate surface area is 195 Å². The molecule has 2 aromatic carbocycles. The zero-order chi connectivity index (χ0) is 23.7. The molecule has 1 fully saturated rings. The number of furan rings is 1. The Balaban J connectivity index is 1.54. The lowest BCUT2D eigenvalue weighted by Crippen LogP contribution is -2.27. The summed E-state index contributed by atoms with van der Waals surface area (Å²) in [4.78, 5) is 47.7. The highest BCUT2D eigenvalue weighted by molar-refractivity contribution is 8.18. The number of hydrogen-bond donors (Lipinski definition) is 1. The third-order valence-corrected chi connectivity index (χ3v) is 5.98. The normalized spacial score (nSPS) is 14.8. The third kappa shape index (κ3) is 4.66. The van der Waals surface area contributed by atoms with Crippen LogP contribution in [0.2, 0.25) is 5.02 Å². The number of nitro groups is 1. The number of rotatable bonds is 6. The molecule has 0 unspecified atom stereocenters. The number of imide groups is 1. The lowest BCUT2D eigenvalue weighted by Gasteiger charge is -2.12. The second-order valence-corrected chi connectivity index (χ2v) is 8.29. The van der Waals surface area contributed by atoms with Gasteiger partial charge in [0.15, 0.2) is 0 Å².